The lowest BCUT2D eigenvalue weighted by Gasteiger charge is -2.33. The molecule has 7 nitrogen and oxygen atoms in total. The van der Waals surface area contributed by atoms with Gasteiger partial charge in [-0.05, 0) is 42.0 Å². The molecule has 0 spiro atoms. The number of thiol groups is 1. The average molecular weight is 589 g/mol. The molecule has 0 radical (unpaired) electrons. The van der Waals surface area contributed by atoms with Crippen LogP contribution in [0.25, 0.3) is 5.69 Å². The minimum atomic E-state index is -4.52. The Morgan fingerprint density at radius 1 is 1.10 bits per heavy atom. The van der Waals surface area contributed by atoms with Gasteiger partial charge in [0.05, 0.1) is 17.2 Å². The van der Waals surface area contributed by atoms with Crippen LogP contribution in [0.3, 0.4) is 0 Å². The van der Waals surface area contributed by atoms with Crippen LogP contribution >= 0.6 is 24.2 Å². The summed E-state index contributed by atoms with van der Waals surface area (Å²) >= 11 is 9.92. The minimum absolute atomic E-state index is 0.0622. The number of amides is 2. The van der Waals surface area contributed by atoms with Gasteiger partial charge in [0.15, 0.2) is 10.9 Å². The van der Waals surface area contributed by atoms with Crippen molar-refractivity contribution in [3.8, 4) is 5.69 Å². The van der Waals surface area contributed by atoms with Crippen LogP contribution in [-0.4, -0.2) is 32.2 Å². The van der Waals surface area contributed by atoms with E-state index in [1.165, 1.54) is 35.2 Å². The van der Waals surface area contributed by atoms with Gasteiger partial charge in [-0.2, -0.15) is 18.3 Å². The van der Waals surface area contributed by atoms with Crippen LogP contribution in [0.5, 0.6) is 0 Å². The molecule has 3 aromatic rings. The molecule has 2 aromatic carbocycles. The van der Waals surface area contributed by atoms with Crippen molar-refractivity contribution in [2.45, 2.75) is 31.0 Å². The zero-order chi connectivity index (χ0) is 29.1. The Kier molecular flexibility index (Phi) is 8.55. The van der Waals surface area contributed by atoms with Crippen molar-refractivity contribution >= 4 is 47.0 Å². The van der Waals surface area contributed by atoms with E-state index in [-0.39, 0.29) is 17.9 Å². The summed E-state index contributed by atoms with van der Waals surface area (Å²) < 4.78 is 40.6. The summed E-state index contributed by atoms with van der Waals surface area (Å²) in [5, 5.41) is 9.57. The van der Waals surface area contributed by atoms with Gasteiger partial charge in [0.25, 0.3) is 5.91 Å². The van der Waals surface area contributed by atoms with Gasteiger partial charge in [0, 0.05) is 29.6 Å². The number of hydrogen-bond donors (Lipinski definition) is 3. The zero-order valence-corrected chi connectivity index (χ0v) is 22.7. The molecule has 0 fully saturated rings. The maximum atomic E-state index is 13.6. The molecule has 2 amide bonds. The minimum Gasteiger partial charge on any atom is -0.338 e. The molecule has 2 N–H and O–H groups in total. The quantitative estimate of drug-likeness (QED) is 0.293. The second-order valence-electron chi connectivity index (χ2n) is 9.26. The molecular formula is C28H24ClF3N4O3S. The second-order valence-corrected chi connectivity index (χ2v) is 10.1. The van der Waals surface area contributed by atoms with Gasteiger partial charge in [-0.3, -0.25) is 14.4 Å². The summed E-state index contributed by atoms with van der Waals surface area (Å²) in [7, 11) is 0. The monoisotopic (exact) mass is 588 g/mol. The van der Waals surface area contributed by atoms with Gasteiger partial charge in [0.2, 0.25) is 5.91 Å². The predicted molar refractivity (Wildman–Crippen MR) is 148 cm³/mol. The molecule has 1 aliphatic carbocycles. The second kappa shape index (κ2) is 11.7. The molecule has 3 atom stereocenters. The molecule has 0 saturated carbocycles. The number of aromatic nitrogens is 2. The first-order valence-electron chi connectivity index (χ1n) is 12.1. The van der Waals surface area contributed by atoms with Gasteiger partial charge >= 0.3 is 6.18 Å². The molecule has 12 heteroatoms. The fraction of sp³-hybridized carbons (Fsp3) is 0.214. The van der Waals surface area contributed by atoms with Crippen LogP contribution in [0.4, 0.5) is 19.0 Å². The van der Waals surface area contributed by atoms with Crippen molar-refractivity contribution in [2.24, 2.45) is 5.92 Å². The van der Waals surface area contributed by atoms with Crippen molar-refractivity contribution in [1.29, 1.82) is 0 Å². The number of halogens is 4. The number of anilines is 1. The highest BCUT2D eigenvalue weighted by Gasteiger charge is 2.41. The van der Waals surface area contributed by atoms with E-state index in [0.717, 1.165) is 12.1 Å². The molecule has 1 heterocycles. The maximum absolute atomic E-state index is 13.6. The lowest BCUT2D eigenvalue weighted by Crippen LogP contribution is -2.57. The van der Waals surface area contributed by atoms with Gasteiger partial charge in [0.1, 0.15) is 5.54 Å². The molecule has 4 rings (SSSR count). The third-order valence-electron chi connectivity index (χ3n) is 6.49. The largest absolute Gasteiger partial charge is 0.416 e. The lowest BCUT2D eigenvalue weighted by molar-refractivity contribution is -0.137. The van der Waals surface area contributed by atoms with Crippen molar-refractivity contribution in [1.82, 2.24) is 15.1 Å². The molecule has 0 bridgehead atoms. The van der Waals surface area contributed by atoms with Crippen LogP contribution in [0.15, 0.2) is 85.1 Å². The summed E-state index contributed by atoms with van der Waals surface area (Å²) in [4.78, 5) is 39.3. The topological polar surface area (TPSA) is 93.1 Å². The Bertz CT molecular complexity index is 1490. The van der Waals surface area contributed by atoms with E-state index in [0.29, 0.717) is 10.6 Å². The Morgan fingerprint density at radius 2 is 1.82 bits per heavy atom. The first-order chi connectivity index (χ1) is 18.9. The van der Waals surface area contributed by atoms with Crippen LogP contribution in [0.1, 0.15) is 30.4 Å². The van der Waals surface area contributed by atoms with E-state index in [2.05, 4.69) is 28.4 Å². The number of alkyl halides is 3. The summed E-state index contributed by atoms with van der Waals surface area (Å²) in [6, 6.07) is 12.5. The Balaban J connectivity index is 1.58. The Labute approximate surface area is 238 Å². The fourth-order valence-corrected chi connectivity index (χ4v) is 4.58. The lowest BCUT2D eigenvalue weighted by atomic mass is 9.84. The van der Waals surface area contributed by atoms with E-state index in [1.54, 1.807) is 49.4 Å². The summed E-state index contributed by atoms with van der Waals surface area (Å²) in [5.41, 5.74) is -1.70. The van der Waals surface area contributed by atoms with Crippen LogP contribution < -0.4 is 10.6 Å². The van der Waals surface area contributed by atoms with Gasteiger partial charge in [-0.15, -0.1) is 12.6 Å². The summed E-state index contributed by atoms with van der Waals surface area (Å²) in [5.74, 6) is -2.94. The van der Waals surface area contributed by atoms with E-state index < -0.39 is 46.0 Å². The fourth-order valence-electron chi connectivity index (χ4n) is 4.30. The number of rotatable bonds is 8. The molecule has 0 aliphatic heterocycles. The molecule has 1 aromatic heterocycles. The van der Waals surface area contributed by atoms with E-state index in [9.17, 15) is 27.6 Å². The van der Waals surface area contributed by atoms with E-state index in [4.69, 9.17) is 11.6 Å². The normalized spacial score (nSPS) is 18.1. The predicted octanol–water partition coefficient (Wildman–Crippen LogP) is 5.73. The van der Waals surface area contributed by atoms with E-state index >= 15 is 0 Å². The average Bonchev–Trinajstić information content (AvgIpc) is 3.38. The van der Waals surface area contributed by atoms with Crippen molar-refractivity contribution in [3.63, 3.8) is 0 Å². The van der Waals surface area contributed by atoms with Gasteiger partial charge in [-0.1, -0.05) is 55.0 Å². The number of nitrogens with zero attached hydrogens (tertiary/aromatic N) is 2. The zero-order valence-electron chi connectivity index (χ0n) is 21.0. The van der Waals surface area contributed by atoms with E-state index in [1.807, 2.05) is 0 Å². The smallest absolute Gasteiger partial charge is 0.338 e. The van der Waals surface area contributed by atoms with Crippen molar-refractivity contribution < 1.29 is 27.6 Å². The SMILES string of the molecule is CC(C(=O)S)C(C(=O)NC1(C(=O)Nc2ccn(-c3cccc(C(F)(F)F)c3)n2)C=CC=CC1)c1ccc(Cl)cc1. The molecule has 1 aliphatic rings. The molecular weight excluding hydrogens is 565 g/mol. The molecule has 40 heavy (non-hydrogen) atoms. The van der Waals surface area contributed by atoms with Gasteiger partial charge < -0.3 is 10.6 Å². The highest BCUT2D eigenvalue weighted by molar-refractivity contribution is 7.96. The van der Waals surface area contributed by atoms with Crippen molar-refractivity contribution in [2.75, 3.05) is 5.32 Å². The Morgan fingerprint density at radius 3 is 2.45 bits per heavy atom. The number of nitrogens with one attached hydrogen (secondary N) is 2. The number of carbonyl (C=O) groups excluding carboxylic acids is 3. The van der Waals surface area contributed by atoms with Crippen LogP contribution in [0.2, 0.25) is 5.02 Å². The van der Waals surface area contributed by atoms with Crippen LogP contribution in [0, 0.1) is 5.92 Å². The first kappa shape index (κ1) is 29.2. The summed E-state index contributed by atoms with van der Waals surface area (Å²) in [6.07, 6.45) is 3.54. The number of hydrogen-bond acceptors (Lipinski definition) is 4. The molecule has 3 unspecified atom stereocenters. The number of allylic oxidation sites excluding steroid dienone is 2. The highest BCUT2D eigenvalue weighted by atomic mass is 35.5. The first-order valence-corrected chi connectivity index (χ1v) is 12.9. The molecule has 208 valence electrons. The Hall–Kier alpha value is -3.83. The summed E-state index contributed by atoms with van der Waals surface area (Å²) in [6.45, 7) is 1.57. The maximum Gasteiger partial charge on any atom is 0.416 e. The van der Waals surface area contributed by atoms with Gasteiger partial charge in [-0.25, -0.2) is 4.68 Å². The standard InChI is InChI=1S/C28H24ClF3N4O3S/c1-17(25(38)40)23(18-8-10-20(29)11-9-18)24(37)34-27(13-3-2-4-14-27)26(39)33-22-12-15-36(35-22)21-7-5-6-19(16-21)28(30,31)32/h2-13,15-17,23H,14H2,1H3,(H,34,37)(H,38,40)(H,33,35,39). The third-order valence-corrected chi connectivity index (χ3v) is 7.15. The van der Waals surface area contributed by atoms with Crippen molar-refractivity contribution in [3.05, 3.63) is 101 Å². The highest BCUT2D eigenvalue weighted by Crippen LogP contribution is 2.32. The molecule has 0 saturated heterocycles. The number of carbonyl (C=O) groups is 3. The van der Waals surface area contributed by atoms with Crippen LogP contribution in [-0.2, 0) is 20.6 Å². The third kappa shape index (κ3) is 6.48. The number of benzene rings is 2.